The zero-order valence-corrected chi connectivity index (χ0v) is 17.7. The Bertz CT molecular complexity index is 1370. The van der Waals surface area contributed by atoms with Crippen LogP contribution in [-0.2, 0) is 6.18 Å². The fourth-order valence-corrected chi connectivity index (χ4v) is 3.48. The summed E-state index contributed by atoms with van der Waals surface area (Å²) in [5.41, 5.74) is 8.08. The van der Waals surface area contributed by atoms with E-state index >= 15 is 0 Å². The summed E-state index contributed by atoms with van der Waals surface area (Å²) < 4.78 is 44.5. The zero-order chi connectivity index (χ0) is 23.8. The van der Waals surface area contributed by atoms with Crippen LogP contribution in [0.5, 0.6) is 5.75 Å². The van der Waals surface area contributed by atoms with E-state index in [1.165, 1.54) is 19.2 Å². The van der Waals surface area contributed by atoms with Crippen LogP contribution < -0.4 is 15.8 Å². The lowest BCUT2D eigenvalue weighted by Gasteiger charge is -2.14. The largest absolute Gasteiger partial charge is 0.496 e. The molecule has 0 saturated heterocycles. The van der Waals surface area contributed by atoms with E-state index in [0.717, 1.165) is 28.6 Å². The second-order valence-corrected chi connectivity index (χ2v) is 7.40. The van der Waals surface area contributed by atoms with Gasteiger partial charge in [-0.05, 0) is 54.4 Å². The lowest BCUT2D eigenvalue weighted by Crippen LogP contribution is -2.13. The molecule has 0 radical (unpaired) electrons. The van der Waals surface area contributed by atoms with E-state index < -0.39 is 17.6 Å². The number of rotatable bonds is 4. The van der Waals surface area contributed by atoms with E-state index in [1.54, 1.807) is 30.5 Å². The summed E-state index contributed by atoms with van der Waals surface area (Å²) in [4.78, 5) is 21.0. The molecule has 0 spiro atoms. The van der Waals surface area contributed by atoms with Crippen LogP contribution in [0.1, 0.15) is 21.5 Å². The smallest absolute Gasteiger partial charge is 0.416 e. The van der Waals surface area contributed by atoms with Gasteiger partial charge < -0.3 is 15.8 Å². The Balaban J connectivity index is 1.72. The average molecular weight is 452 g/mol. The summed E-state index contributed by atoms with van der Waals surface area (Å²) in [5.74, 6) is 0.132. The van der Waals surface area contributed by atoms with Gasteiger partial charge in [0.25, 0.3) is 5.91 Å². The van der Waals surface area contributed by atoms with Crippen molar-refractivity contribution in [3.63, 3.8) is 0 Å². The predicted octanol–water partition coefficient (Wildman–Crippen LogP) is 5.47. The van der Waals surface area contributed by atoms with Crippen LogP contribution in [0.4, 0.5) is 24.8 Å². The van der Waals surface area contributed by atoms with E-state index in [1.807, 2.05) is 13.0 Å². The molecule has 0 aliphatic carbocycles. The Labute approximate surface area is 187 Å². The molecule has 0 aliphatic heterocycles. The molecule has 0 unspecified atom stereocenters. The van der Waals surface area contributed by atoms with Crippen LogP contribution in [0.15, 0.2) is 60.8 Å². The lowest BCUT2D eigenvalue weighted by atomic mass is 9.96. The minimum absolute atomic E-state index is 0.0509. The maximum atomic E-state index is 13.0. The molecular weight excluding hydrogens is 433 g/mol. The molecule has 3 N–H and O–H groups in total. The van der Waals surface area contributed by atoms with E-state index in [0.29, 0.717) is 16.8 Å². The molecule has 3 aromatic carbocycles. The van der Waals surface area contributed by atoms with Gasteiger partial charge in [0.05, 0.1) is 18.2 Å². The number of anilines is 2. The lowest BCUT2D eigenvalue weighted by molar-refractivity contribution is -0.137. The highest BCUT2D eigenvalue weighted by atomic mass is 19.4. The molecule has 0 bridgehead atoms. The molecule has 0 fully saturated rings. The van der Waals surface area contributed by atoms with Crippen molar-refractivity contribution < 1.29 is 22.7 Å². The number of fused-ring (bicyclic) bond motifs is 1. The number of methoxy groups -OCH3 is 1. The Kier molecular flexibility index (Phi) is 5.63. The van der Waals surface area contributed by atoms with Gasteiger partial charge in [0.1, 0.15) is 5.75 Å². The SMILES string of the molecule is COc1cc2nc(N)ncc2cc1-c1cc(C(=O)Nc2cccc(C(F)(F)F)c2)ccc1C. The number of benzene rings is 3. The number of nitrogen functional groups attached to an aromatic ring is 1. The highest BCUT2D eigenvalue weighted by Gasteiger charge is 2.30. The van der Waals surface area contributed by atoms with Gasteiger partial charge in [-0.25, -0.2) is 9.97 Å². The van der Waals surface area contributed by atoms with E-state index in [4.69, 9.17) is 10.5 Å². The third-order valence-corrected chi connectivity index (χ3v) is 5.16. The van der Waals surface area contributed by atoms with Crippen molar-refractivity contribution in [3.05, 3.63) is 77.5 Å². The number of nitrogens with zero attached hydrogens (tertiary/aromatic N) is 2. The molecule has 4 aromatic rings. The molecule has 168 valence electrons. The third-order valence-electron chi connectivity index (χ3n) is 5.16. The van der Waals surface area contributed by atoms with E-state index in [-0.39, 0.29) is 17.2 Å². The number of nitrogens with one attached hydrogen (secondary N) is 1. The van der Waals surface area contributed by atoms with Gasteiger partial charge in [-0.1, -0.05) is 12.1 Å². The monoisotopic (exact) mass is 452 g/mol. The first kappa shape index (κ1) is 22.1. The number of hydrogen-bond acceptors (Lipinski definition) is 5. The molecule has 0 saturated carbocycles. The van der Waals surface area contributed by atoms with E-state index in [9.17, 15) is 18.0 Å². The minimum Gasteiger partial charge on any atom is -0.496 e. The third kappa shape index (κ3) is 4.57. The quantitative estimate of drug-likeness (QED) is 0.429. The molecule has 1 heterocycles. The number of aryl methyl sites for hydroxylation is 1. The zero-order valence-electron chi connectivity index (χ0n) is 17.7. The summed E-state index contributed by atoms with van der Waals surface area (Å²) in [6.45, 7) is 1.88. The summed E-state index contributed by atoms with van der Waals surface area (Å²) in [7, 11) is 1.52. The van der Waals surface area contributed by atoms with Crippen molar-refractivity contribution in [1.82, 2.24) is 9.97 Å². The number of hydrogen-bond donors (Lipinski definition) is 2. The first-order valence-corrected chi connectivity index (χ1v) is 9.85. The fourth-order valence-electron chi connectivity index (χ4n) is 3.48. The number of aromatic nitrogens is 2. The van der Waals surface area contributed by atoms with E-state index in [2.05, 4.69) is 15.3 Å². The summed E-state index contributed by atoms with van der Waals surface area (Å²) in [6, 6.07) is 13.1. The highest BCUT2D eigenvalue weighted by Crippen LogP contribution is 2.36. The van der Waals surface area contributed by atoms with Crippen LogP contribution in [0.3, 0.4) is 0 Å². The standard InChI is InChI=1S/C24H19F3N4O2/c1-13-6-7-14(22(32)30-17-5-3-4-16(10-17)24(25,26)27)8-18(13)19-9-15-12-29-23(28)31-20(15)11-21(19)33-2/h3-12H,1-2H3,(H,30,32)(H2,28,29,31). The molecule has 4 rings (SSSR count). The number of carbonyl (C=O) groups excluding carboxylic acids is 1. The van der Waals surface area contributed by atoms with Gasteiger partial charge in [0.2, 0.25) is 5.95 Å². The van der Waals surface area contributed by atoms with Crippen molar-refractivity contribution in [2.24, 2.45) is 0 Å². The van der Waals surface area contributed by atoms with Crippen LogP contribution in [-0.4, -0.2) is 23.0 Å². The summed E-state index contributed by atoms with van der Waals surface area (Å²) >= 11 is 0. The number of ether oxygens (including phenoxy) is 1. The number of halogens is 3. The average Bonchev–Trinajstić information content (AvgIpc) is 2.78. The molecular formula is C24H19F3N4O2. The molecule has 6 nitrogen and oxygen atoms in total. The van der Waals surface area contributed by atoms with Crippen molar-refractivity contribution >= 4 is 28.4 Å². The van der Waals surface area contributed by atoms with Gasteiger partial charge in [-0.3, -0.25) is 4.79 Å². The fraction of sp³-hybridized carbons (Fsp3) is 0.125. The Hall–Kier alpha value is -4.14. The molecule has 33 heavy (non-hydrogen) atoms. The molecule has 0 atom stereocenters. The van der Waals surface area contributed by atoms with Crippen LogP contribution >= 0.6 is 0 Å². The topological polar surface area (TPSA) is 90.1 Å². The Morgan fingerprint density at radius 2 is 1.85 bits per heavy atom. The highest BCUT2D eigenvalue weighted by molar-refractivity contribution is 6.05. The minimum atomic E-state index is -4.50. The molecule has 1 amide bonds. The first-order valence-electron chi connectivity index (χ1n) is 9.85. The summed E-state index contributed by atoms with van der Waals surface area (Å²) in [6.07, 6.45) is -2.90. The van der Waals surface area contributed by atoms with Gasteiger partial charge in [0, 0.05) is 34.5 Å². The molecule has 1 aromatic heterocycles. The second kappa shape index (κ2) is 8.42. The predicted molar refractivity (Wildman–Crippen MR) is 120 cm³/mol. The molecule has 0 aliphatic rings. The van der Waals surface area contributed by atoms with Gasteiger partial charge in [-0.15, -0.1) is 0 Å². The number of nitrogens with two attached hydrogens (primary N) is 1. The summed E-state index contributed by atoms with van der Waals surface area (Å²) in [5, 5.41) is 3.26. The van der Waals surface area contributed by atoms with Crippen molar-refractivity contribution in [3.8, 4) is 16.9 Å². The van der Waals surface area contributed by atoms with Crippen molar-refractivity contribution in [1.29, 1.82) is 0 Å². The maximum Gasteiger partial charge on any atom is 0.416 e. The van der Waals surface area contributed by atoms with Crippen molar-refractivity contribution in [2.75, 3.05) is 18.2 Å². The van der Waals surface area contributed by atoms with Crippen LogP contribution in [0.25, 0.3) is 22.0 Å². The van der Waals surface area contributed by atoms with Gasteiger partial charge in [-0.2, -0.15) is 13.2 Å². The normalized spacial score (nSPS) is 11.4. The number of amides is 1. The van der Waals surface area contributed by atoms with Crippen LogP contribution in [0.2, 0.25) is 0 Å². The van der Waals surface area contributed by atoms with Gasteiger partial charge in [0.15, 0.2) is 0 Å². The Morgan fingerprint density at radius 3 is 2.58 bits per heavy atom. The van der Waals surface area contributed by atoms with Gasteiger partial charge >= 0.3 is 6.18 Å². The maximum absolute atomic E-state index is 13.0. The first-order chi connectivity index (χ1) is 15.7. The number of alkyl halides is 3. The number of carbonyl (C=O) groups is 1. The molecule has 9 heteroatoms. The van der Waals surface area contributed by atoms with Crippen molar-refractivity contribution in [2.45, 2.75) is 13.1 Å². The second-order valence-electron chi connectivity index (χ2n) is 7.40. The Morgan fingerprint density at radius 1 is 1.06 bits per heavy atom. The van der Waals surface area contributed by atoms with Crippen LogP contribution in [0, 0.1) is 6.92 Å².